The highest BCUT2D eigenvalue weighted by Crippen LogP contribution is 2.39. The van der Waals surface area contributed by atoms with Crippen molar-refractivity contribution in [2.75, 3.05) is 19.0 Å². The molecule has 4 aromatic rings. The number of amides is 1. The SMILES string of the molecule is CCOCc1cc(F)c(-c2ccc3cnc(Nc4cnccc4[C@H]4C[C@@H](N)[C@@H](NC(=O)OC)[C@@H](C)C4)n3n2)c(F)c1. The third-order valence-corrected chi connectivity index (χ3v) is 7.51. The van der Waals surface area contributed by atoms with Gasteiger partial charge in [-0.3, -0.25) is 4.98 Å². The van der Waals surface area contributed by atoms with Crippen LogP contribution in [0.3, 0.4) is 0 Å². The van der Waals surface area contributed by atoms with Crippen LogP contribution in [0.25, 0.3) is 16.8 Å². The molecule has 1 aromatic carbocycles. The number of ether oxygens (including phenoxy) is 2. The van der Waals surface area contributed by atoms with Gasteiger partial charge in [-0.15, -0.1) is 0 Å². The standard InChI is InChI=1S/C29H33F2N7O3/c1-4-41-15-17-10-21(30)26(22(31)11-17)24-6-5-19-13-34-28(38(19)37-24)35-25-14-33-8-7-20(25)18-9-16(2)27(23(32)12-18)36-29(39)40-3/h5-8,10-11,13-14,16,18,23,27H,4,9,12,15,32H2,1-3H3,(H,34,35)(H,36,39)/t16-,18+,23+,27-/m0/s1. The van der Waals surface area contributed by atoms with Gasteiger partial charge in [-0.1, -0.05) is 6.92 Å². The summed E-state index contributed by atoms with van der Waals surface area (Å²) in [5, 5.41) is 10.7. The van der Waals surface area contributed by atoms with Gasteiger partial charge in [0.1, 0.15) is 11.6 Å². The lowest BCUT2D eigenvalue weighted by Crippen LogP contribution is -2.54. The molecule has 0 spiro atoms. The van der Waals surface area contributed by atoms with Gasteiger partial charge in [0.2, 0.25) is 5.95 Å². The fourth-order valence-electron chi connectivity index (χ4n) is 5.55. The summed E-state index contributed by atoms with van der Waals surface area (Å²) in [4.78, 5) is 20.5. The van der Waals surface area contributed by atoms with E-state index >= 15 is 8.78 Å². The molecule has 0 radical (unpaired) electrons. The summed E-state index contributed by atoms with van der Waals surface area (Å²) >= 11 is 0. The van der Waals surface area contributed by atoms with Crippen molar-refractivity contribution in [1.82, 2.24) is 24.9 Å². The lowest BCUT2D eigenvalue weighted by Gasteiger charge is -2.39. The minimum absolute atomic E-state index is 0.0920. The fourth-order valence-corrected chi connectivity index (χ4v) is 5.55. The minimum Gasteiger partial charge on any atom is -0.453 e. The summed E-state index contributed by atoms with van der Waals surface area (Å²) in [5.41, 5.74) is 9.14. The molecule has 4 atom stereocenters. The average molecular weight is 566 g/mol. The summed E-state index contributed by atoms with van der Waals surface area (Å²) in [6, 6.07) is 7.24. The first kappa shape index (κ1) is 28.4. The molecule has 12 heteroatoms. The number of halogens is 2. The number of hydrogen-bond acceptors (Lipinski definition) is 8. The van der Waals surface area contributed by atoms with Crippen LogP contribution in [-0.2, 0) is 16.1 Å². The maximum absolute atomic E-state index is 15.0. The summed E-state index contributed by atoms with van der Waals surface area (Å²) in [6.07, 6.45) is 5.96. The van der Waals surface area contributed by atoms with E-state index in [1.54, 1.807) is 30.7 Å². The van der Waals surface area contributed by atoms with Crippen molar-refractivity contribution in [3.63, 3.8) is 0 Å². The molecule has 0 unspecified atom stereocenters. The molecular formula is C29H33F2N7O3. The maximum atomic E-state index is 15.0. The quantitative estimate of drug-likeness (QED) is 0.275. The molecule has 0 saturated heterocycles. The lowest BCUT2D eigenvalue weighted by molar-refractivity contribution is 0.133. The number of nitrogens with two attached hydrogens (primary N) is 1. The van der Waals surface area contributed by atoms with Gasteiger partial charge in [0, 0.05) is 24.9 Å². The topological polar surface area (TPSA) is 129 Å². The Morgan fingerprint density at radius 3 is 2.66 bits per heavy atom. The number of methoxy groups -OCH3 is 1. The average Bonchev–Trinajstić information content (AvgIpc) is 3.35. The molecule has 5 rings (SSSR count). The van der Waals surface area contributed by atoms with E-state index in [1.165, 1.54) is 23.8 Å². The third-order valence-electron chi connectivity index (χ3n) is 7.51. The molecule has 0 bridgehead atoms. The number of benzene rings is 1. The Hall–Kier alpha value is -4.16. The first-order valence-electron chi connectivity index (χ1n) is 13.5. The molecular weight excluding hydrogens is 532 g/mol. The molecule has 1 fully saturated rings. The Balaban J connectivity index is 1.42. The molecule has 0 aliphatic heterocycles. The zero-order chi connectivity index (χ0) is 29.1. The molecule has 41 heavy (non-hydrogen) atoms. The largest absolute Gasteiger partial charge is 0.453 e. The molecule has 3 aromatic heterocycles. The number of fused-ring (bicyclic) bond motifs is 1. The maximum Gasteiger partial charge on any atom is 0.407 e. The number of nitrogens with one attached hydrogen (secondary N) is 2. The predicted octanol–water partition coefficient (Wildman–Crippen LogP) is 4.92. The zero-order valence-corrected chi connectivity index (χ0v) is 23.1. The fraction of sp³-hybridized carbons (Fsp3) is 0.379. The van der Waals surface area contributed by atoms with E-state index in [0.717, 1.165) is 12.0 Å². The second-order valence-corrected chi connectivity index (χ2v) is 10.3. The molecule has 1 saturated carbocycles. The number of rotatable bonds is 8. The highest BCUT2D eigenvalue weighted by atomic mass is 19.1. The third kappa shape index (κ3) is 5.98. The van der Waals surface area contributed by atoms with Gasteiger partial charge < -0.3 is 25.8 Å². The number of carbonyl (C=O) groups is 1. The van der Waals surface area contributed by atoms with Gasteiger partial charge in [0.25, 0.3) is 0 Å². The predicted molar refractivity (Wildman–Crippen MR) is 150 cm³/mol. The van der Waals surface area contributed by atoms with Gasteiger partial charge >= 0.3 is 6.09 Å². The van der Waals surface area contributed by atoms with E-state index in [4.69, 9.17) is 15.2 Å². The first-order chi connectivity index (χ1) is 19.8. The van der Waals surface area contributed by atoms with Crippen LogP contribution >= 0.6 is 0 Å². The van der Waals surface area contributed by atoms with Gasteiger partial charge in [-0.25, -0.2) is 18.6 Å². The Kier molecular flexibility index (Phi) is 8.41. The minimum atomic E-state index is -0.724. The van der Waals surface area contributed by atoms with Gasteiger partial charge in [0.15, 0.2) is 0 Å². The van der Waals surface area contributed by atoms with Crippen LogP contribution in [0.1, 0.15) is 43.7 Å². The van der Waals surface area contributed by atoms with Gasteiger partial charge in [0.05, 0.1) is 48.6 Å². The van der Waals surface area contributed by atoms with Gasteiger partial charge in [-0.05, 0) is 73.1 Å². The lowest BCUT2D eigenvalue weighted by atomic mass is 9.73. The Morgan fingerprint density at radius 1 is 1.17 bits per heavy atom. The van der Waals surface area contributed by atoms with Crippen molar-refractivity contribution >= 4 is 23.2 Å². The summed E-state index contributed by atoms with van der Waals surface area (Å²) < 4.78 is 41.6. The highest BCUT2D eigenvalue weighted by molar-refractivity contribution is 5.68. The Labute approximate surface area is 236 Å². The number of anilines is 2. The molecule has 1 aliphatic rings. The van der Waals surface area contributed by atoms with E-state index in [2.05, 4.69) is 32.6 Å². The van der Waals surface area contributed by atoms with Crippen LogP contribution in [-0.4, -0.2) is 51.5 Å². The van der Waals surface area contributed by atoms with E-state index in [0.29, 0.717) is 35.7 Å². The van der Waals surface area contributed by atoms with Crippen molar-refractivity contribution in [2.24, 2.45) is 11.7 Å². The highest BCUT2D eigenvalue weighted by Gasteiger charge is 2.36. The van der Waals surface area contributed by atoms with Crippen molar-refractivity contribution in [3.05, 3.63) is 71.7 Å². The number of alkyl carbamates (subject to hydrolysis) is 1. The molecule has 216 valence electrons. The number of hydrogen-bond donors (Lipinski definition) is 3. The van der Waals surface area contributed by atoms with Crippen molar-refractivity contribution in [2.45, 2.75) is 51.3 Å². The van der Waals surface area contributed by atoms with Crippen molar-refractivity contribution in [3.8, 4) is 11.3 Å². The molecule has 1 amide bonds. The number of imidazole rings is 1. The van der Waals surface area contributed by atoms with E-state index in [-0.39, 0.29) is 41.8 Å². The van der Waals surface area contributed by atoms with Crippen LogP contribution < -0.4 is 16.4 Å². The second-order valence-electron chi connectivity index (χ2n) is 10.3. The molecule has 10 nitrogen and oxygen atoms in total. The van der Waals surface area contributed by atoms with E-state index in [9.17, 15) is 4.79 Å². The molecule has 3 heterocycles. The van der Waals surface area contributed by atoms with Crippen molar-refractivity contribution < 1.29 is 23.0 Å². The summed E-state index contributed by atoms with van der Waals surface area (Å²) in [7, 11) is 1.33. The molecule has 1 aliphatic carbocycles. The smallest absolute Gasteiger partial charge is 0.407 e. The Morgan fingerprint density at radius 2 is 1.95 bits per heavy atom. The summed E-state index contributed by atoms with van der Waals surface area (Å²) in [6.45, 7) is 4.43. The zero-order valence-electron chi connectivity index (χ0n) is 23.1. The van der Waals surface area contributed by atoms with Crippen LogP contribution in [0.4, 0.5) is 25.2 Å². The van der Waals surface area contributed by atoms with Crippen LogP contribution in [0, 0.1) is 17.6 Å². The monoisotopic (exact) mass is 565 g/mol. The van der Waals surface area contributed by atoms with Crippen molar-refractivity contribution in [1.29, 1.82) is 0 Å². The van der Waals surface area contributed by atoms with Crippen LogP contribution in [0.5, 0.6) is 0 Å². The number of carbonyl (C=O) groups excluding carboxylic acids is 1. The van der Waals surface area contributed by atoms with Crippen LogP contribution in [0.2, 0.25) is 0 Å². The second kappa shape index (κ2) is 12.1. The number of nitrogens with zero attached hydrogens (tertiary/aromatic N) is 4. The first-order valence-corrected chi connectivity index (χ1v) is 13.5. The number of pyridine rings is 1. The van der Waals surface area contributed by atoms with E-state index < -0.39 is 17.7 Å². The number of aromatic nitrogens is 4. The normalized spacial score (nSPS) is 20.6. The van der Waals surface area contributed by atoms with Crippen LogP contribution in [0.15, 0.2) is 48.9 Å². The van der Waals surface area contributed by atoms with E-state index in [1.807, 2.05) is 13.0 Å². The van der Waals surface area contributed by atoms with Gasteiger partial charge in [-0.2, -0.15) is 9.61 Å². The molecule has 4 N–H and O–H groups in total. The Bertz CT molecular complexity index is 1510. The summed E-state index contributed by atoms with van der Waals surface area (Å²) in [5.74, 6) is -0.889.